The second-order valence-corrected chi connectivity index (χ2v) is 3.99. The third kappa shape index (κ3) is 6.25. The Balaban J connectivity index is 3.76. The molecule has 0 saturated heterocycles. The minimum absolute atomic E-state index is 0.207. The van der Waals surface area contributed by atoms with Crippen molar-refractivity contribution in [2.75, 3.05) is 12.4 Å². The fourth-order valence-corrected chi connectivity index (χ4v) is 1.66. The monoisotopic (exact) mass is 219 g/mol. The number of carbonyl (C=O) groups excluding carboxylic acids is 1. The van der Waals surface area contributed by atoms with Crippen LogP contribution in [0.2, 0.25) is 0 Å². The first kappa shape index (κ1) is 13.8. The maximum Gasteiger partial charge on any atom is 0.223 e. The van der Waals surface area contributed by atoms with Crippen molar-refractivity contribution in [3.8, 4) is 0 Å². The second-order valence-electron chi connectivity index (χ2n) is 3.61. The van der Waals surface area contributed by atoms with Crippen molar-refractivity contribution in [2.45, 2.75) is 46.0 Å². The van der Waals surface area contributed by atoms with Crippen LogP contribution in [0.25, 0.3) is 0 Å². The number of amides is 1. The van der Waals surface area contributed by atoms with E-state index in [-0.39, 0.29) is 11.8 Å². The van der Waals surface area contributed by atoms with Gasteiger partial charge in [-0.1, -0.05) is 26.7 Å². The summed E-state index contributed by atoms with van der Waals surface area (Å²) < 4.78 is 0. The lowest BCUT2D eigenvalue weighted by Crippen LogP contribution is -2.31. The molecule has 0 radical (unpaired) electrons. The number of alkyl halides is 1. The number of rotatable bonds is 8. The molecular weight excluding hydrogens is 198 g/mol. The highest BCUT2D eigenvalue weighted by Gasteiger charge is 2.15. The third-order valence-corrected chi connectivity index (χ3v) is 2.52. The van der Waals surface area contributed by atoms with Gasteiger partial charge in [0.15, 0.2) is 0 Å². The molecule has 14 heavy (non-hydrogen) atoms. The molecule has 2 nitrogen and oxygen atoms in total. The topological polar surface area (TPSA) is 29.1 Å². The van der Waals surface area contributed by atoms with Gasteiger partial charge in [0.05, 0.1) is 0 Å². The van der Waals surface area contributed by atoms with Gasteiger partial charge in [-0.25, -0.2) is 0 Å². The Morgan fingerprint density at radius 3 is 2.29 bits per heavy atom. The molecule has 3 heteroatoms. The summed E-state index contributed by atoms with van der Waals surface area (Å²) in [6.07, 6.45) is 5.01. The summed E-state index contributed by atoms with van der Waals surface area (Å²) in [5.74, 6) is 1.03. The highest BCUT2D eigenvalue weighted by atomic mass is 35.5. The van der Waals surface area contributed by atoms with Gasteiger partial charge >= 0.3 is 0 Å². The van der Waals surface area contributed by atoms with Crippen LogP contribution in [0.15, 0.2) is 0 Å². The molecule has 0 aromatic carbocycles. The van der Waals surface area contributed by atoms with Gasteiger partial charge < -0.3 is 5.32 Å². The molecule has 0 bridgehead atoms. The highest BCUT2D eigenvalue weighted by Crippen LogP contribution is 2.13. The first-order chi connectivity index (χ1) is 6.76. The quantitative estimate of drug-likeness (QED) is 0.494. The molecule has 0 aromatic heterocycles. The summed E-state index contributed by atoms with van der Waals surface area (Å²) in [6, 6.07) is 0. The molecular formula is C11H22ClNO. The Morgan fingerprint density at radius 2 is 1.86 bits per heavy atom. The molecule has 84 valence electrons. The van der Waals surface area contributed by atoms with Crippen LogP contribution in [0.5, 0.6) is 0 Å². The Hall–Kier alpha value is -0.240. The highest BCUT2D eigenvalue weighted by molar-refractivity contribution is 6.17. The summed E-state index contributed by atoms with van der Waals surface area (Å²) in [5.41, 5.74) is 0. The molecule has 0 fully saturated rings. The predicted octanol–water partition coefficient (Wildman–Crippen LogP) is 2.95. The summed E-state index contributed by atoms with van der Waals surface area (Å²) in [6.45, 7) is 4.95. The van der Waals surface area contributed by atoms with Crippen LogP contribution >= 0.6 is 11.6 Å². The van der Waals surface area contributed by atoms with Crippen LogP contribution in [-0.4, -0.2) is 18.3 Å². The summed E-state index contributed by atoms with van der Waals surface area (Å²) >= 11 is 5.54. The third-order valence-electron chi connectivity index (χ3n) is 2.25. The lowest BCUT2D eigenvalue weighted by molar-refractivity contribution is -0.125. The van der Waals surface area contributed by atoms with Crippen molar-refractivity contribution in [3.63, 3.8) is 0 Å². The predicted molar refractivity (Wildman–Crippen MR) is 61.7 cm³/mol. The van der Waals surface area contributed by atoms with Crippen LogP contribution < -0.4 is 5.32 Å². The smallest absolute Gasteiger partial charge is 0.223 e. The molecule has 0 aliphatic heterocycles. The van der Waals surface area contributed by atoms with Crippen molar-refractivity contribution in [1.82, 2.24) is 5.32 Å². The minimum Gasteiger partial charge on any atom is -0.356 e. The van der Waals surface area contributed by atoms with Gasteiger partial charge in [0.25, 0.3) is 0 Å². The Bertz CT molecular complexity index is 144. The fraction of sp³-hybridized carbons (Fsp3) is 0.909. The maximum atomic E-state index is 11.6. The van der Waals surface area contributed by atoms with E-state index in [2.05, 4.69) is 19.2 Å². The van der Waals surface area contributed by atoms with E-state index < -0.39 is 0 Å². The first-order valence-corrected chi connectivity index (χ1v) is 6.13. The lowest BCUT2D eigenvalue weighted by Gasteiger charge is -2.14. The van der Waals surface area contributed by atoms with Crippen molar-refractivity contribution >= 4 is 17.5 Å². The molecule has 0 saturated carbocycles. The van der Waals surface area contributed by atoms with E-state index in [1.807, 2.05) is 0 Å². The number of hydrogen-bond acceptors (Lipinski definition) is 1. The summed E-state index contributed by atoms with van der Waals surface area (Å²) in [4.78, 5) is 11.6. The van der Waals surface area contributed by atoms with Gasteiger partial charge in [-0.15, -0.1) is 11.6 Å². The first-order valence-electron chi connectivity index (χ1n) is 5.59. The Labute approximate surface area is 92.4 Å². The van der Waals surface area contributed by atoms with Crippen LogP contribution in [0.3, 0.4) is 0 Å². The second kappa shape index (κ2) is 9.32. The number of hydrogen-bond donors (Lipinski definition) is 1. The maximum absolute atomic E-state index is 11.6. The summed E-state index contributed by atoms with van der Waals surface area (Å²) in [7, 11) is 0. The molecule has 0 aliphatic rings. The zero-order chi connectivity index (χ0) is 10.8. The fourth-order valence-electron chi connectivity index (χ4n) is 1.53. The van der Waals surface area contributed by atoms with E-state index in [1.54, 1.807) is 0 Å². The molecule has 0 heterocycles. The van der Waals surface area contributed by atoms with Gasteiger partial charge in [-0.05, 0) is 19.3 Å². The van der Waals surface area contributed by atoms with E-state index in [1.165, 1.54) is 0 Å². The van der Waals surface area contributed by atoms with E-state index in [4.69, 9.17) is 11.6 Å². The van der Waals surface area contributed by atoms with E-state index >= 15 is 0 Å². The zero-order valence-electron chi connectivity index (χ0n) is 9.31. The number of carbonyl (C=O) groups is 1. The molecule has 0 rings (SSSR count). The molecule has 0 aliphatic carbocycles. The van der Waals surface area contributed by atoms with Gasteiger partial charge in [0, 0.05) is 18.3 Å². The number of nitrogens with one attached hydrogen (secondary N) is 1. The largest absolute Gasteiger partial charge is 0.356 e. The Morgan fingerprint density at radius 1 is 1.29 bits per heavy atom. The van der Waals surface area contributed by atoms with E-state index in [9.17, 15) is 4.79 Å². The van der Waals surface area contributed by atoms with Crippen LogP contribution in [0.4, 0.5) is 0 Å². The van der Waals surface area contributed by atoms with Crippen molar-refractivity contribution in [2.24, 2.45) is 5.92 Å². The molecule has 0 aromatic rings. The Kier molecular flexibility index (Phi) is 9.16. The molecule has 1 N–H and O–H groups in total. The normalized spacial score (nSPS) is 10.6. The molecule has 0 unspecified atom stereocenters. The van der Waals surface area contributed by atoms with Crippen molar-refractivity contribution in [3.05, 3.63) is 0 Å². The van der Waals surface area contributed by atoms with Gasteiger partial charge in [-0.2, -0.15) is 0 Å². The van der Waals surface area contributed by atoms with E-state index in [0.717, 1.165) is 32.1 Å². The summed E-state index contributed by atoms with van der Waals surface area (Å²) in [5, 5.41) is 2.93. The minimum atomic E-state index is 0.207. The van der Waals surface area contributed by atoms with Crippen LogP contribution in [0, 0.1) is 5.92 Å². The van der Waals surface area contributed by atoms with Crippen LogP contribution in [-0.2, 0) is 4.79 Å². The molecule has 1 amide bonds. The van der Waals surface area contributed by atoms with Gasteiger partial charge in [0.1, 0.15) is 0 Å². The average Bonchev–Trinajstić information content (AvgIpc) is 2.18. The van der Waals surface area contributed by atoms with Gasteiger partial charge in [-0.3, -0.25) is 4.79 Å². The number of halogens is 1. The standard InChI is InChI=1S/C11H22ClNO/c1-3-6-10(7-4-2)11(14)13-9-5-8-12/h10H,3-9H2,1-2H3,(H,13,14). The average molecular weight is 220 g/mol. The molecule has 0 spiro atoms. The van der Waals surface area contributed by atoms with Crippen LogP contribution in [0.1, 0.15) is 46.0 Å². The van der Waals surface area contributed by atoms with Crippen molar-refractivity contribution < 1.29 is 4.79 Å². The SMILES string of the molecule is CCCC(CCC)C(=O)NCCCCl. The van der Waals surface area contributed by atoms with Gasteiger partial charge in [0.2, 0.25) is 5.91 Å². The van der Waals surface area contributed by atoms with Crippen molar-refractivity contribution in [1.29, 1.82) is 0 Å². The zero-order valence-corrected chi connectivity index (χ0v) is 10.1. The molecule has 0 atom stereocenters. The van der Waals surface area contributed by atoms with E-state index in [0.29, 0.717) is 12.4 Å². The lowest BCUT2D eigenvalue weighted by atomic mass is 9.97.